The maximum absolute atomic E-state index is 12.5. The molecule has 0 aliphatic carbocycles. The number of carbonyl (C=O) groups excluding carboxylic acids is 2. The first kappa shape index (κ1) is 14.9. The van der Waals surface area contributed by atoms with Gasteiger partial charge in [-0.15, -0.1) is 0 Å². The van der Waals surface area contributed by atoms with Gasteiger partial charge in [0, 0.05) is 32.1 Å². The van der Waals surface area contributed by atoms with Crippen molar-refractivity contribution >= 4 is 17.6 Å². The molecule has 0 bridgehead atoms. The van der Waals surface area contributed by atoms with E-state index in [0.29, 0.717) is 36.7 Å². The first-order valence-corrected chi connectivity index (χ1v) is 7.84. The van der Waals surface area contributed by atoms with Crippen molar-refractivity contribution in [3.63, 3.8) is 0 Å². The van der Waals surface area contributed by atoms with Crippen LogP contribution >= 0.6 is 0 Å². The Morgan fingerprint density at radius 3 is 2.77 bits per heavy atom. The Hall–Kier alpha value is -2.05. The van der Waals surface area contributed by atoms with Gasteiger partial charge in [0.25, 0.3) is 0 Å². The summed E-state index contributed by atoms with van der Waals surface area (Å²) in [5.41, 5.74) is 1.32. The van der Waals surface area contributed by atoms with Crippen molar-refractivity contribution in [3.8, 4) is 0 Å². The van der Waals surface area contributed by atoms with Crippen LogP contribution in [0.2, 0.25) is 0 Å². The minimum absolute atomic E-state index is 0.147. The first-order valence-electron chi connectivity index (χ1n) is 7.84. The second-order valence-electron chi connectivity index (χ2n) is 6.06. The van der Waals surface area contributed by atoms with Crippen LogP contribution in [0.4, 0.5) is 10.5 Å². The molecule has 3 rings (SSSR count). The molecule has 22 heavy (non-hydrogen) atoms. The molecule has 3 heterocycles. The number of rotatable bonds is 2. The van der Waals surface area contributed by atoms with Crippen molar-refractivity contribution in [1.29, 1.82) is 0 Å². The zero-order valence-electron chi connectivity index (χ0n) is 13.1. The number of nitrogens with zero attached hydrogens (tertiary/aromatic N) is 3. The summed E-state index contributed by atoms with van der Waals surface area (Å²) in [6, 6.07) is 0.00455. The smallest absolute Gasteiger partial charge is 0.322 e. The van der Waals surface area contributed by atoms with E-state index < -0.39 is 0 Å². The molecule has 0 spiro atoms. The number of urea groups is 1. The lowest BCUT2D eigenvalue weighted by atomic mass is 10.0. The minimum Gasteiger partial charge on any atom is -0.359 e. The van der Waals surface area contributed by atoms with Gasteiger partial charge in [0.05, 0.1) is 0 Å². The summed E-state index contributed by atoms with van der Waals surface area (Å²) in [6.07, 6.45) is 3.46. The SMILES string of the molecule is Cc1noc(C)c1NC(=O)N1CCCC(N2CCCC2=O)C1. The van der Waals surface area contributed by atoms with E-state index in [4.69, 9.17) is 4.52 Å². The molecule has 1 unspecified atom stereocenters. The third-order valence-electron chi connectivity index (χ3n) is 4.50. The Morgan fingerprint density at radius 1 is 1.32 bits per heavy atom. The van der Waals surface area contributed by atoms with Gasteiger partial charge in [-0.2, -0.15) is 0 Å². The van der Waals surface area contributed by atoms with Gasteiger partial charge in [0.15, 0.2) is 5.76 Å². The number of hydrogen-bond donors (Lipinski definition) is 1. The quantitative estimate of drug-likeness (QED) is 0.905. The number of amides is 3. The maximum atomic E-state index is 12.5. The summed E-state index contributed by atoms with van der Waals surface area (Å²) < 4.78 is 5.06. The molecule has 2 saturated heterocycles. The van der Waals surface area contributed by atoms with Crippen LogP contribution in [-0.4, -0.2) is 52.6 Å². The van der Waals surface area contributed by atoms with Crippen molar-refractivity contribution < 1.29 is 14.1 Å². The Labute approximate surface area is 129 Å². The summed E-state index contributed by atoms with van der Waals surface area (Å²) in [4.78, 5) is 28.1. The molecule has 1 atom stereocenters. The molecule has 2 aliphatic heterocycles. The zero-order valence-corrected chi connectivity index (χ0v) is 13.1. The van der Waals surface area contributed by atoms with E-state index in [0.717, 1.165) is 25.8 Å². The topological polar surface area (TPSA) is 78.7 Å². The van der Waals surface area contributed by atoms with Gasteiger partial charge in [0.1, 0.15) is 11.4 Å². The second kappa shape index (κ2) is 5.98. The minimum atomic E-state index is -0.147. The van der Waals surface area contributed by atoms with E-state index in [2.05, 4.69) is 10.5 Å². The van der Waals surface area contributed by atoms with E-state index in [9.17, 15) is 9.59 Å². The van der Waals surface area contributed by atoms with Crippen LogP contribution in [0.1, 0.15) is 37.1 Å². The molecule has 0 aromatic carbocycles. The summed E-state index contributed by atoms with van der Waals surface area (Å²) in [7, 11) is 0. The normalized spacial score (nSPS) is 22.3. The number of carbonyl (C=O) groups is 2. The highest BCUT2D eigenvalue weighted by molar-refractivity contribution is 5.90. The molecule has 2 fully saturated rings. The molecule has 1 N–H and O–H groups in total. The Balaban J connectivity index is 1.64. The largest absolute Gasteiger partial charge is 0.359 e. The Bertz CT molecular complexity index is 564. The molecule has 1 aromatic rings. The predicted octanol–water partition coefficient (Wildman–Crippen LogP) is 1.91. The van der Waals surface area contributed by atoms with Crippen molar-refractivity contribution in [2.45, 2.75) is 45.6 Å². The molecule has 3 amide bonds. The van der Waals surface area contributed by atoms with E-state index >= 15 is 0 Å². The highest BCUT2D eigenvalue weighted by Crippen LogP contribution is 2.23. The number of aryl methyl sites for hydroxylation is 2. The van der Waals surface area contributed by atoms with Crippen molar-refractivity contribution in [3.05, 3.63) is 11.5 Å². The van der Waals surface area contributed by atoms with Gasteiger partial charge in [-0.05, 0) is 33.1 Å². The fraction of sp³-hybridized carbons (Fsp3) is 0.667. The van der Waals surface area contributed by atoms with Crippen LogP contribution in [0.15, 0.2) is 4.52 Å². The van der Waals surface area contributed by atoms with Crippen LogP contribution in [-0.2, 0) is 4.79 Å². The summed E-state index contributed by atoms with van der Waals surface area (Å²) >= 11 is 0. The number of nitrogens with one attached hydrogen (secondary N) is 1. The summed E-state index contributed by atoms with van der Waals surface area (Å²) in [5.74, 6) is 0.826. The molecule has 2 aliphatic rings. The van der Waals surface area contributed by atoms with E-state index in [1.165, 1.54) is 0 Å². The van der Waals surface area contributed by atoms with Crippen LogP contribution in [0, 0.1) is 13.8 Å². The molecule has 7 heteroatoms. The summed E-state index contributed by atoms with van der Waals surface area (Å²) in [5, 5.41) is 6.72. The van der Waals surface area contributed by atoms with Gasteiger partial charge >= 0.3 is 6.03 Å². The van der Waals surface area contributed by atoms with Crippen LogP contribution in [0.25, 0.3) is 0 Å². The Kier molecular flexibility index (Phi) is 4.04. The van der Waals surface area contributed by atoms with E-state index in [-0.39, 0.29) is 18.0 Å². The third-order valence-corrected chi connectivity index (χ3v) is 4.50. The molecule has 0 saturated carbocycles. The molecule has 120 valence electrons. The number of piperidine rings is 1. The van der Waals surface area contributed by atoms with Gasteiger partial charge in [-0.25, -0.2) is 4.79 Å². The van der Waals surface area contributed by atoms with Crippen LogP contribution in [0.3, 0.4) is 0 Å². The van der Waals surface area contributed by atoms with Gasteiger partial charge in [-0.3, -0.25) is 4.79 Å². The van der Waals surface area contributed by atoms with Crippen LogP contribution in [0.5, 0.6) is 0 Å². The average molecular weight is 306 g/mol. The number of hydrogen-bond acceptors (Lipinski definition) is 4. The molecular formula is C15H22N4O3. The van der Waals surface area contributed by atoms with Gasteiger partial charge < -0.3 is 19.6 Å². The fourth-order valence-corrected chi connectivity index (χ4v) is 3.30. The first-order chi connectivity index (χ1) is 10.6. The maximum Gasteiger partial charge on any atom is 0.322 e. The lowest BCUT2D eigenvalue weighted by Gasteiger charge is -2.37. The Morgan fingerprint density at radius 2 is 2.14 bits per heavy atom. The monoisotopic (exact) mass is 306 g/mol. The third kappa shape index (κ3) is 2.80. The standard InChI is InChI=1S/C15H22N4O3/c1-10-14(11(2)22-17-10)16-15(21)18-7-3-5-12(9-18)19-8-4-6-13(19)20/h12H,3-9H2,1-2H3,(H,16,21). The van der Waals surface area contributed by atoms with Crippen molar-refractivity contribution in [2.75, 3.05) is 25.0 Å². The number of anilines is 1. The van der Waals surface area contributed by atoms with Crippen molar-refractivity contribution in [2.24, 2.45) is 0 Å². The molecule has 7 nitrogen and oxygen atoms in total. The lowest BCUT2D eigenvalue weighted by molar-refractivity contribution is -0.130. The number of aromatic nitrogens is 1. The molecular weight excluding hydrogens is 284 g/mol. The zero-order chi connectivity index (χ0) is 15.7. The van der Waals surface area contributed by atoms with Gasteiger partial charge in [-0.1, -0.05) is 5.16 Å². The summed E-state index contributed by atoms with van der Waals surface area (Å²) in [6.45, 7) is 5.71. The molecule has 1 aromatic heterocycles. The number of likely N-dealkylation sites (tertiary alicyclic amines) is 2. The predicted molar refractivity (Wildman–Crippen MR) is 80.5 cm³/mol. The average Bonchev–Trinajstić information content (AvgIpc) is 3.08. The lowest BCUT2D eigenvalue weighted by Crippen LogP contribution is -2.51. The van der Waals surface area contributed by atoms with Gasteiger partial charge in [0.2, 0.25) is 5.91 Å². The van der Waals surface area contributed by atoms with Crippen molar-refractivity contribution in [1.82, 2.24) is 15.0 Å². The van der Waals surface area contributed by atoms with Crippen LogP contribution < -0.4 is 5.32 Å². The van der Waals surface area contributed by atoms with E-state index in [1.807, 2.05) is 4.90 Å². The second-order valence-corrected chi connectivity index (χ2v) is 6.06. The highest BCUT2D eigenvalue weighted by Gasteiger charge is 2.33. The van der Waals surface area contributed by atoms with E-state index in [1.54, 1.807) is 18.7 Å². The fourth-order valence-electron chi connectivity index (χ4n) is 3.30. The highest BCUT2D eigenvalue weighted by atomic mass is 16.5. The molecule has 0 radical (unpaired) electrons.